The molecule has 0 saturated heterocycles. The number of urea groups is 1. The van der Waals surface area contributed by atoms with Crippen LogP contribution in [0.15, 0.2) is 42.5 Å². The summed E-state index contributed by atoms with van der Waals surface area (Å²) in [4.78, 5) is 24.1. The maximum absolute atomic E-state index is 12.2. The van der Waals surface area contributed by atoms with Gasteiger partial charge < -0.3 is 15.4 Å². The van der Waals surface area contributed by atoms with Crippen molar-refractivity contribution in [2.45, 2.75) is 20.8 Å². The molecule has 120 valence electrons. The molecule has 0 spiro atoms. The Morgan fingerprint density at radius 3 is 2.39 bits per heavy atom. The van der Waals surface area contributed by atoms with Gasteiger partial charge in [0.05, 0.1) is 17.9 Å². The van der Waals surface area contributed by atoms with E-state index in [2.05, 4.69) is 10.6 Å². The van der Waals surface area contributed by atoms with E-state index in [1.54, 1.807) is 31.2 Å². The quantitative estimate of drug-likeness (QED) is 0.834. The monoisotopic (exact) mass is 312 g/mol. The molecule has 2 N–H and O–H groups in total. The average molecular weight is 312 g/mol. The predicted molar refractivity (Wildman–Crippen MR) is 91.0 cm³/mol. The topological polar surface area (TPSA) is 67.4 Å². The van der Waals surface area contributed by atoms with E-state index in [0.29, 0.717) is 11.3 Å². The molecule has 0 radical (unpaired) electrons. The first-order valence-electron chi connectivity index (χ1n) is 7.42. The summed E-state index contributed by atoms with van der Waals surface area (Å²) in [6, 6.07) is 12.1. The minimum absolute atomic E-state index is 0.280. The third-order valence-corrected chi connectivity index (χ3v) is 3.30. The number of hydrogen-bond acceptors (Lipinski definition) is 3. The predicted octanol–water partition coefficient (Wildman–Crippen LogP) is 4.12. The molecule has 0 atom stereocenters. The molecule has 0 aromatic heterocycles. The van der Waals surface area contributed by atoms with Gasteiger partial charge in [-0.25, -0.2) is 9.59 Å². The van der Waals surface area contributed by atoms with Crippen LogP contribution in [0.1, 0.15) is 28.4 Å². The van der Waals surface area contributed by atoms with Crippen LogP contribution in [0.3, 0.4) is 0 Å². The number of amides is 2. The molecule has 2 aromatic rings. The van der Waals surface area contributed by atoms with Crippen LogP contribution in [0.5, 0.6) is 0 Å². The zero-order valence-corrected chi connectivity index (χ0v) is 13.5. The van der Waals surface area contributed by atoms with E-state index in [9.17, 15) is 9.59 Å². The molecule has 0 fully saturated rings. The first-order valence-corrected chi connectivity index (χ1v) is 7.42. The van der Waals surface area contributed by atoms with Crippen molar-refractivity contribution >= 4 is 23.4 Å². The number of aryl methyl sites for hydroxylation is 2. The van der Waals surface area contributed by atoms with E-state index in [1.165, 1.54) is 0 Å². The van der Waals surface area contributed by atoms with Gasteiger partial charge in [-0.1, -0.05) is 29.8 Å². The van der Waals surface area contributed by atoms with Crippen molar-refractivity contribution in [1.29, 1.82) is 0 Å². The van der Waals surface area contributed by atoms with Crippen LogP contribution < -0.4 is 10.6 Å². The van der Waals surface area contributed by atoms with E-state index < -0.39 is 12.0 Å². The smallest absolute Gasteiger partial charge is 0.340 e. The van der Waals surface area contributed by atoms with Crippen molar-refractivity contribution in [3.8, 4) is 0 Å². The van der Waals surface area contributed by atoms with Crippen LogP contribution in [-0.4, -0.2) is 18.6 Å². The van der Waals surface area contributed by atoms with E-state index in [4.69, 9.17) is 4.74 Å². The lowest BCUT2D eigenvalue weighted by atomic mass is 10.1. The number of rotatable bonds is 4. The van der Waals surface area contributed by atoms with Crippen molar-refractivity contribution < 1.29 is 14.3 Å². The maximum atomic E-state index is 12.2. The summed E-state index contributed by atoms with van der Waals surface area (Å²) in [5.74, 6) is -0.463. The van der Waals surface area contributed by atoms with Gasteiger partial charge in [0.1, 0.15) is 0 Å². The van der Waals surface area contributed by atoms with Gasteiger partial charge in [-0.2, -0.15) is 0 Å². The fraction of sp³-hybridized carbons (Fsp3) is 0.222. The number of nitrogens with one attached hydrogen (secondary N) is 2. The summed E-state index contributed by atoms with van der Waals surface area (Å²) < 4.78 is 4.99. The number of para-hydroxylation sites is 1. The van der Waals surface area contributed by atoms with Gasteiger partial charge in [0.25, 0.3) is 0 Å². The summed E-state index contributed by atoms with van der Waals surface area (Å²) >= 11 is 0. The molecule has 0 aliphatic heterocycles. The first kappa shape index (κ1) is 16.5. The second kappa shape index (κ2) is 7.45. The fourth-order valence-electron chi connectivity index (χ4n) is 2.21. The standard InChI is InChI=1S/C18H20N2O3/c1-4-23-17(21)14-7-5-6-8-16(14)20-18(22)19-15-10-9-12(2)11-13(15)3/h5-11H,4H2,1-3H3,(H2,19,20,22). The number of anilines is 2. The molecule has 0 aliphatic carbocycles. The highest BCUT2D eigenvalue weighted by atomic mass is 16.5. The molecule has 23 heavy (non-hydrogen) atoms. The van der Waals surface area contributed by atoms with Crippen LogP contribution in [0.25, 0.3) is 0 Å². The Balaban J connectivity index is 2.13. The van der Waals surface area contributed by atoms with Crippen LogP contribution in [0, 0.1) is 13.8 Å². The van der Waals surface area contributed by atoms with E-state index in [0.717, 1.165) is 16.8 Å². The molecule has 2 aromatic carbocycles. The largest absolute Gasteiger partial charge is 0.462 e. The molecule has 0 unspecified atom stereocenters. The van der Waals surface area contributed by atoms with Gasteiger partial charge in [-0.3, -0.25) is 0 Å². The Hall–Kier alpha value is -2.82. The minimum atomic E-state index is -0.463. The minimum Gasteiger partial charge on any atom is -0.462 e. The zero-order chi connectivity index (χ0) is 16.8. The molecule has 2 rings (SSSR count). The molecular formula is C18H20N2O3. The second-order valence-electron chi connectivity index (χ2n) is 5.16. The highest BCUT2D eigenvalue weighted by Crippen LogP contribution is 2.19. The Labute approximate surface area is 135 Å². The van der Waals surface area contributed by atoms with Crippen LogP contribution >= 0.6 is 0 Å². The summed E-state index contributed by atoms with van der Waals surface area (Å²) in [7, 11) is 0. The molecule has 5 heteroatoms. The molecule has 0 heterocycles. The first-order chi connectivity index (χ1) is 11.0. The Kier molecular flexibility index (Phi) is 5.36. The van der Waals surface area contributed by atoms with Gasteiger partial charge in [0.2, 0.25) is 0 Å². The summed E-state index contributed by atoms with van der Waals surface area (Å²) in [5, 5.41) is 5.47. The fourth-order valence-corrected chi connectivity index (χ4v) is 2.21. The van der Waals surface area contributed by atoms with Gasteiger partial charge in [-0.15, -0.1) is 0 Å². The number of benzene rings is 2. The van der Waals surface area contributed by atoms with Crippen LogP contribution in [0.2, 0.25) is 0 Å². The second-order valence-corrected chi connectivity index (χ2v) is 5.16. The summed E-state index contributed by atoms with van der Waals surface area (Å²) in [6.07, 6.45) is 0. The Morgan fingerprint density at radius 2 is 1.70 bits per heavy atom. The third kappa shape index (κ3) is 4.32. The lowest BCUT2D eigenvalue weighted by Gasteiger charge is -2.12. The van der Waals surface area contributed by atoms with E-state index >= 15 is 0 Å². The van der Waals surface area contributed by atoms with Crippen LogP contribution in [0.4, 0.5) is 16.2 Å². The third-order valence-electron chi connectivity index (χ3n) is 3.30. The lowest BCUT2D eigenvalue weighted by molar-refractivity contribution is 0.0527. The number of hydrogen-bond donors (Lipinski definition) is 2. The number of carbonyl (C=O) groups is 2. The van der Waals surface area contributed by atoms with Crippen molar-refractivity contribution in [2.75, 3.05) is 17.2 Å². The van der Waals surface area contributed by atoms with Crippen molar-refractivity contribution in [3.05, 3.63) is 59.2 Å². The normalized spacial score (nSPS) is 10.0. The lowest BCUT2D eigenvalue weighted by Crippen LogP contribution is -2.21. The molecule has 5 nitrogen and oxygen atoms in total. The van der Waals surface area contributed by atoms with Gasteiger partial charge in [0, 0.05) is 5.69 Å². The molecule has 0 saturated carbocycles. The molecular weight excluding hydrogens is 292 g/mol. The Bertz CT molecular complexity index is 726. The van der Waals surface area contributed by atoms with Crippen molar-refractivity contribution in [2.24, 2.45) is 0 Å². The summed E-state index contributed by atoms with van der Waals surface area (Å²) in [6.45, 7) is 5.93. The molecule has 0 bridgehead atoms. The van der Waals surface area contributed by atoms with E-state index in [-0.39, 0.29) is 6.61 Å². The summed E-state index contributed by atoms with van der Waals surface area (Å²) in [5.41, 5.74) is 3.56. The van der Waals surface area contributed by atoms with Crippen molar-refractivity contribution in [1.82, 2.24) is 0 Å². The average Bonchev–Trinajstić information content (AvgIpc) is 2.51. The molecule has 0 aliphatic rings. The van der Waals surface area contributed by atoms with Gasteiger partial charge in [-0.05, 0) is 44.5 Å². The number of carbonyl (C=O) groups excluding carboxylic acids is 2. The zero-order valence-electron chi connectivity index (χ0n) is 13.5. The highest BCUT2D eigenvalue weighted by Gasteiger charge is 2.14. The Morgan fingerprint density at radius 1 is 1.00 bits per heavy atom. The SMILES string of the molecule is CCOC(=O)c1ccccc1NC(=O)Nc1ccc(C)cc1C. The number of ether oxygens (including phenoxy) is 1. The highest BCUT2D eigenvalue weighted by molar-refractivity contribution is 6.05. The maximum Gasteiger partial charge on any atom is 0.340 e. The van der Waals surface area contributed by atoms with Crippen LogP contribution in [-0.2, 0) is 4.74 Å². The van der Waals surface area contributed by atoms with E-state index in [1.807, 2.05) is 32.0 Å². The molecule has 2 amide bonds. The van der Waals surface area contributed by atoms with Crippen molar-refractivity contribution in [3.63, 3.8) is 0 Å². The van der Waals surface area contributed by atoms with Gasteiger partial charge in [0.15, 0.2) is 0 Å². The number of esters is 1. The van der Waals surface area contributed by atoms with Gasteiger partial charge >= 0.3 is 12.0 Å².